The summed E-state index contributed by atoms with van der Waals surface area (Å²) in [4.78, 5) is 57.4. The van der Waals surface area contributed by atoms with Crippen LogP contribution in [-0.4, -0.2) is 96.0 Å². The van der Waals surface area contributed by atoms with Crippen LogP contribution in [0.3, 0.4) is 0 Å². The molecule has 47 heavy (non-hydrogen) atoms. The van der Waals surface area contributed by atoms with E-state index in [1.54, 1.807) is 24.0 Å². The van der Waals surface area contributed by atoms with Gasteiger partial charge in [-0.2, -0.15) is 0 Å². The Morgan fingerprint density at radius 2 is 1.28 bits per heavy atom. The molecule has 5 atom stereocenters. The molecule has 3 fully saturated rings. The number of aliphatic hydroxyl groups excluding tert-OH is 1. The average molecular weight is 662 g/mol. The lowest BCUT2D eigenvalue weighted by molar-refractivity contribution is -0.143. The van der Waals surface area contributed by atoms with Crippen molar-refractivity contribution in [3.8, 4) is 0 Å². The van der Waals surface area contributed by atoms with Gasteiger partial charge in [0.2, 0.25) is 23.6 Å². The molecule has 3 aliphatic carbocycles. The fourth-order valence-corrected chi connectivity index (χ4v) is 8.31. The van der Waals surface area contributed by atoms with Crippen molar-refractivity contribution in [2.45, 2.75) is 142 Å². The van der Waals surface area contributed by atoms with E-state index in [4.69, 9.17) is 0 Å². The van der Waals surface area contributed by atoms with Gasteiger partial charge in [0, 0.05) is 64.4 Å². The summed E-state index contributed by atoms with van der Waals surface area (Å²) < 4.78 is 0. The molecule has 3 rings (SSSR count). The second-order valence-electron chi connectivity index (χ2n) is 15.1. The van der Waals surface area contributed by atoms with Crippen LogP contribution >= 0.6 is 0 Å². The van der Waals surface area contributed by atoms with Gasteiger partial charge in [0.25, 0.3) is 0 Å². The van der Waals surface area contributed by atoms with Crippen LogP contribution in [0, 0.1) is 29.6 Å². The molecule has 3 N–H and O–H groups in total. The summed E-state index contributed by atoms with van der Waals surface area (Å²) in [6, 6.07) is -0.481. The summed E-state index contributed by atoms with van der Waals surface area (Å²) in [6.07, 6.45) is 14.8. The number of hydrogen-bond acceptors (Lipinski definition) is 6. The maximum absolute atomic E-state index is 14.1. The molecule has 0 aromatic rings. The van der Waals surface area contributed by atoms with Gasteiger partial charge in [0.05, 0.1) is 12.1 Å². The van der Waals surface area contributed by atoms with E-state index in [2.05, 4.69) is 24.6 Å². The first-order chi connectivity index (χ1) is 22.6. The normalized spacial score (nSPS) is 23.9. The van der Waals surface area contributed by atoms with E-state index in [-0.39, 0.29) is 36.1 Å². The van der Waals surface area contributed by atoms with Gasteiger partial charge < -0.3 is 20.2 Å². The minimum absolute atomic E-state index is 0.00600. The highest BCUT2D eigenvalue weighted by molar-refractivity contribution is 5.86. The molecule has 0 aromatic carbocycles. The van der Waals surface area contributed by atoms with Crippen molar-refractivity contribution in [3.05, 3.63) is 0 Å². The van der Waals surface area contributed by atoms with Crippen molar-refractivity contribution in [1.29, 1.82) is 0 Å². The molecule has 0 aliphatic heterocycles. The molecule has 10 heteroatoms. The zero-order valence-electron chi connectivity index (χ0n) is 30.3. The van der Waals surface area contributed by atoms with Gasteiger partial charge in [-0.05, 0) is 63.2 Å². The summed E-state index contributed by atoms with van der Waals surface area (Å²) in [5, 5.41) is 16.7. The standard InChI is InChI=1S/C37H67N5O5/c1-6-19-41(20-7-2)37(47)31-24-29(23-30(25-31)36(46)40(4)5)35(45)38-32(21-27-15-11-9-12-16-27)33(43)26-42(8-3)39-34(44)22-28-17-13-10-14-18-28/h27-33,43H,6-26H2,1-5H3,(H,38,45)(H,39,44). The molecule has 0 heterocycles. The second-order valence-corrected chi connectivity index (χ2v) is 15.1. The van der Waals surface area contributed by atoms with E-state index in [0.717, 1.165) is 51.4 Å². The maximum atomic E-state index is 14.1. The summed E-state index contributed by atoms with van der Waals surface area (Å²) in [6.45, 7) is 8.20. The van der Waals surface area contributed by atoms with Crippen molar-refractivity contribution in [1.82, 2.24) is 25.6 Å². The topological polar surface area (TPSA) is 122 Å². The molecule has 4 amide bonds. The van der Waals surface area contributed by atoms with Crippen LogP contribution in [0.2, 0.25) is 0 Å². The zero-order chi connectivity index (χ0) is 34.3. The van der Waals surface area contributed by atoms with Gasteiger partial charge in [0.1, 0.15) is 0 Å². The highest BCUT2D eigenvalue weighted by atomic mass is 16.3. The number of likely N-dealkylation sites (N-methyl/N-ethyl adjacent to an activating group) is 1. The van der Waals surface area contributed by atoms with Crippen LogP contribution in [0.25, 0.3) is 0 Å². The Kier molecular flexibility index (Phi) is 17.0. The Labute approximate surface area is 285 Å². The Morgan fingerprint density at radius 3 is 1.81 bits per heavy atom. The monoisotopic (exact) mass is 662 g/mol. The molecule has 270 valence electrons. The van der Waals surface area contributed by atoms with Crippen molar-refractivity contribution in [2.75, 3.05) is 40.3 Å². The SMILES string of the molecule is CCCN(CCC)C(=O)C1CC(C(=O)NC(CC2CCCCC2)C(O)CN(CC)NC(=O)CC2CCCCC2)CC(C(=O)N(C)C)C1. The molecule has 5 unspecified atom stereocenters. The predicted molar refractivity (Wildman–Crippen MR) is 186 cm³/mol. The number of amides is 4. The van der Waals surface area contributed by atoms with Crippen LogP contribution in [0.15, 0.2) is 0 Å². The second kappa shape index (κ2) is 20.3. The largest absolute Gasteiger partial charge is 0.390 e. The molecule has 0 aromatic heterocycles. The summed E-state index contributed by atoms with van der Waals surface area (Å²) in [5.74, 6) is -0.613. The Balaban J connectivity index is 1.73. The molecular weight excluding hydrogens is 594 g/mol. The third kappa shape index (κ3) is 12.6. The Bertz CT molecular complexity index is 974. The number of nitrogens with zero attached hydrogens (tertiary/aromatic N) is 3. The lowest BCUT2D eigenvalue weighted by Gasteiger charge is -2.38. The van der Waals surface area contributed by atoms with Gasteiger partial charge >= 0.3 is 0 Å². The smallest absolute Gasteiger partial charge is 0.234 e. The molecule has 3 aliphatic rings. The van der Waals surface area contributed by atoms with E-state index >= 15 is 0 Å². The zero-order valence-corrected chi connectivity index (χ0v) is 30.3. The number of carbonyl (C=O) groups excluding carboxylic acids is 4. The van der Waals surface area contributed by atoms with E-state index < -0.39 is 24.0 Å². The molecular formula is C37H67N5O5. The summed E-state index contributed by atoms with van der Waals surface area (Å²) >= 11 is 0. The van der Waals surface area contributed by atoms with Gasteiger partial charge in [-0.3, -0.25) is 24.6 Å². The van der Waals surface area contributed by atoms with Crippen molar-refractivity contribution < 1.29 is 24.3 Å². The van der Waals surface area contributed by atoms with Gasteiger partial charge in [-0.25, -0.2) is 5.01 Å². The van der Waals surface area contributed by atoms with Crippen LogP contribution in [0.5, 0.6) is 0 Å². The van der Waals surface area contributed by atoms with Gasteiger partial charge in [0.15, 0.2) is 0 Å². The predicted octanol–water partition coefficient (Wildman–Crippen LogP) is 4.90. The van der Waals surface area contributed by atoms with Crippen LogP contribution < -0.4 is 10.7 Å². The first-order valence-electron chi connectivity index (χ1n) is 19.1. The van der Waals surface area contributed by atoms with Crippen molar-refractivity contribution >= 4 is 23.6 Å². The van der Waals surface area contributed by atoms with E-state index in [0.29, 0.717) is 63.6 Å². The first kappa shape index (κ1) is 39.2. The third-order valence-electron chi connectivity index (χ3n) is 10.9. The van der Waals surface area contributed by atoms with Gasteiger partial charge in [-0.1, -0.05) is 72.1 Å². The Hall–Kier alpha value is -2.20. The highest BCUT2D eigenvalue weighted by Crippen LogP contribution is 2.36. The van der Waals surface area contributed by atoms with Crippen molar-refractivity contribution in [2.24, 2.45) is 29.6 Å². The summed E-state index contributed by atoms with van der Waals surface area (Å²) in [5.41, 5.74) is 3.04. The lowest BCUT2D eigenvalue weighted by Crippen LogP contribution is -2.54. The summed E-state index contributed by atoms with van der Waals surface area (Å²) in [7, 11) is 3.46. The minimum Gasteiger partial charge on any atom is -0.390 e. The van der Waals surface area contributed by atoms with E-state index in [1.165, 1.54) is 25.7 Å². The number of hydrazine groups is 1. The van der Waals surface area contributed by atoms with Crippen LogP contribution in [0.4, 0.5) is 0 Å². The maximum Gasteiger partial charge on any atom is 0.234 e. The molecule has 0 bridgehead atoms. The molecule has 3 saturated carbocycles. The highest BCUT2D eigenvalue weighted by Gasteiger charge is 2.41. The lowest BCUT2D eigenvalue weighted by atomic mass is 9.73. The number of aliphatic hydroxyl groups is 1. The third-order valence-corrected chi connectivity index (χ3v) is 10.9. The molecule has 0 radical (unpaired) electrons. The molecule has 10 nitrogen and oxygen atoms in total. The number of carbonyl (C=O) groups is 4. The van der Waals surface area contributed by atoms with E-state index in [9.17, 15) is 24.3 Å². The minimum atomic E-state index is -0.874. The van der Waals surface area contributed by atoms with Gasteiger partial charge in [-0.15, -0.1) is 0 Å². The quantitative estimate of drug-likeness (QED) is 0.191. The first-order valence-corrected chi connectivity index (χ1v) is 19.1. The fraction of sp³-hybridized carbons (Fsp3) is 0.892. The van der Waals surface area contributed by atoms with Crippen molar-refractivity contribution in [3.63, 3.8) is 0 Å². The molecule has 0 saturated heterocycles. The van der Waals surface area contributed by atoms with Crippen LogP contribution in [-0.2, 0) is 19.2 Å². The fourth-order valence-electron chi connectivity index (χ4n) is 8.31. The van der Waals surface area contributed by atoms with E-state index in [1.807, 2.05) is 11.8 Å². The number of rotatable bonds is 17. The molecule has 0 spiro atoms. The van der Waals surface area contributed by atoms with Crippen LogP contribution in [0.1, 0.15) is 130 Å². The Morgan fingerprint density at radius 1 is 0.745 bits per heavy atom. The average Bonchev–Trinajstić information content (AvgIpc) is 3.07. The number of nitrogens with one attached hydrogen (secondary N) is 2. The number of hydrogen-bond donors (Lipinski definition) is 3.